The molecule has 8 nitrogen and oxygen atoms in total. The van der Waals surface area contributed by atoms with Crippen molar-refractivity contribution in [1.82, 2.24) is 20.4 Å². The van der Waals surface area contributed by atoms with E-state index in [1.54, 1.807) is 49.8 Å². The second-order valence-corrected chi connectivity index (χ2v) is 6.45. The van der Waals surface area contributed by atoms with Crippen molar-refractivity contribution in [3.05, 3.63) is 84.0 Å². The van der Waals surface area contributed by atoms with Gasteiger partial charge in [-0.15, -0.1) is 0 Å². The number of hydrogen-bond acceptors (Lipinski definition) is 6. The van der Waals surface area contributed by atoms with Gasteiger partial charge in [-0.3, -0.25) is 4.79 Å². The van der Waals surface area contributed by atoms with Crippen molar-refractivity contribution < 1.29 is 18.8 Å². The third-order valence-corrected chi connectivity index (χ3v) is 4.40. The molecule has 0 aliphatic rings. The van der Waals surface area contributed by atoms with Crippen LogP contribution in [0.2, 0.25) is 0 Å². The molecule has 0 aliphatic carbocycles. The normalized spacial score (nSPS) is 10.6. The average molecular weight is 404 g/mol. The maximum Gasteiger partial charge on any atom is 0.251 e. The van der Waals surface area contributed by atoms with E-state index in [-0.39, 0.29) is 19.1 Å². The monoisotopic (exact) mass is 404 g/mol. The predicted molar refractivity (Wildman–Crippen MR) is 109 cm³/mol. The van der Waals surface area contributed by atoms with Crippen LogP contribution in [0.3, 0.4) is 0 Å². The van der Waals surface area contributed by atoms with Crippen LogP contribution < -0.4 is 14.8 Å². The van der Waals surface area contributed by atoms with Gasteiger partial charge in [0.1, 0.15) is 29.6 Å². The molecule has 0 atom stereocenters. The number of carbonyl (C=O) groups is 1. The SMILES string of the molecule is COc1ccc(C(=O)NCc2cc(COc3ccc(-c4ncc[nH]4)cc3)no2)cc1. The highest BCUT2D eigenvalue weighted by atomic mass is 16.5. The van der Waals surface area contributed by atoms with Gasteiger partial charge in [0.25, 0.3) is 5.91 Å². The number of nitrogens with zero attached hydrogens (tertiary/aromatic N) is 2. The third kappa shape index (κ3) is 4.67. The predicted octanol–water partition coefficient (Wildman–Crippen LogP) is 3.58. The highest BCUT2D eigenvalue weighted by Gasteiger charge is 2.09. The molecule has 2 aromatic heterocycles. The number of hydrogen-bond donors (Lipinski definition) is 2. The van der Waals surface area contributed by atoms with Gasteiger partial charge in [0, 0.05) is 29.6 Å². The van der Waals surface area contributed by atoms with Crippen LogP contribution in [-0.4, -0.2) is 28.1 Å². The Morgan fingerprint density at radius 1 is 1.10 bits per heavy atom. The molecule has 0 spiro atoms. The van der Waals surface area contributed by atoms with E-state index in [2.05, 4.69) is 20.4 Å². The van der Waals surface area contributed by atoms with Crippen LogP contribution in [0.15, 0.2) is 71.5 Å². The molecule has 4 aromatic rings. The topological polar surface area (TPSA) is 102 Å². The van der Waals surface area contributed by atoms with E-state index in [1.165, 1.54) is 0 Å². The quantitative estimate of drug-likeness (QED) is 0.465. The largest absolute Gasteiger partial charge is 0.497 e. The number of benzene rings is 2. The van der Waals surface area contributed by atoms with Crippen LogP contribution in [0, 0.1) is 0 Å². The van der Waals surface area contributed by atoms with Gasteiger partial charge in [-0.2, -0.15) is 0 Å². The second-order valence-electron chi connectivity index (χ2n) is 6.45. The Balaban J connectivity index is 1.27. The van der Waals surface area contributed by atoms with Crippen molar-refractivity contribution >= 4 is 5.91 Å². The van der Waals surface area contributed by atoms with Crippen LogP contribution in [0.5, 0.6) is 11.5 Å². The molecule has 0 radical (unpaired) electrons. The molecule has 0 unspecified atom stereocenters. The zero-order valence-electron chi connectivity index (χ0n) is 16.3. The Morgan fingerprint density at radius 2 is 1.87 bits per heavy atom. The summed E-state index contributed by atoms with van der Waals surface area (Å²) in [6, 6.07) is 16.2. The van der Waals surface area contributed by atoms with Crippen molar-refractivity contribution in [1.29, 1.82) is 0 Å². The fourth-order valence-electron chi connectivity index (χ4n) is 2.81. The van der Waals surface area contributed by atoms with E-state index >= 15 is 0 Å². The van der Waals surface area contributed by atoms with Gasteiger partial charge < -0.3 is 24.3 Å². The second kappa shape index (κ2) is 8.95. The van der Waals surface area contributed by atoms with Crippen molar-refractivity contribution in [3.63, 3.8) is 0 Å². The fourth-order valence-corrected chi connectivity index (χ4v) is 2.81. The lowest BCUT2D eigenvalue weighted by Gasteiger charge is -2.04. The summed E-state index contributed by atoms with van der Waals surface area (Å²) in [6.07, 6.45) is 3.49. The van der Waals surface area contributed by atoms with Crippen LogP contribution in [0.4, 0.5) is 0 Å². The molecule has 2 aromatic carbocycles. The minimum Gasteiger partial charge on any atom is -0.497 e. The number of amides is 1. The van der Waals surface area contributed by atoms with Crippen molar-refractivity contribution in [3.8, 4) is 22.9 Å². The first kappa shape index (κ1) is 19.3. The third-order valence-electron chi connectivity index (χ3n) is 4.40. The summed E-state index contributed by atoms with van der Waals surface area (Å²) >= 11 is 0. The van der Waals surface area contributed by atoms with Crippen molar-refractivity contribution in [2.45, 2.75) is 13.2 Å². The average Bonchev–Trinajstić information content (AvgIpc) is 3.49. The summed E-state index contributed by atoms with van der Waals surface area (Å²) in [6.45, 7) is 0.492. The Kier molecular flexibility index (Phi) is 5.75. The van der Waals surface area contributed by atoms with Crippen LogP contribution in [0.25, 0.3) is 11.4 Å². The molecule has 30 heavy (non-hydrogen) atoms. The van der Waals surface area contributed by atoms with E-state index in [9.17, 15) is 4.79 Å². The summed E-state index contributed by atoms with van der Waals surface area (Å²) in [5.74, 6) is 2.55. The number of H-pyrrole nitrogens is 1. The maximum atomic E-state index is 12.2. The van der Waals surface area contributed by atoms with Gasteiger partial charge in [0.05, 0.1) is 13.7 Å². The summed E-state index contributed by atoms with van der Waals surface area (Å²) in [4.78, 5) is 19.5. The molecular weight excluding hydrogens is 384 g/mol. The van der Waals surface area contributed by atoms with Gasteiger partial charge in [0.15, 0.2) is 5.76 Å². The minimum atomic E-state index is -0.205. The molecular formula is C22H20N4O4. The number of methoxy groups -OCH3 is 1. The van der Waals surface area contributed by atoms with Crippen molar-refractivity contribution in [2.24, 2.45) is 0 Å². The number of imidazole rings is 1. The first-order valence-electron chi connectivity index (χ1n) is 9.30. The number of rotatable bonds is 8. The highest BCUT2D eigenvalue weighted by molar-refractivity contribution is 5.94. The molecule has 0 saturated carbocycles. The first-order chi connectivity index (χ1) is 14.7. The lowest BCUT2D eigenvalue weighted by molar-refractivity contribution is 0.0947. The standard InChI is InChI=1S/C22H20N4O4/c1-28-18-6-4-16(5-7-18)22(27)25-13-20-12-17(26-30-20)14-29-19-8-2-15(3-9-19)21-23-10-11-24-21/h2-12H,13-14H2,1H3,(H,23,24)(H,25,27). The fraction of sp³-hybridized carbons (Fsp3) is 0.136. The zero-order chi connectivity index (χ0) is 20.8. The lowest BCUT2D eigenvalue weighted by atomic mass is 10.2. The first-order valence-corrected chi connectivity index (χ1v) is 9.30. The smallest absolute Gasteiger partial charge is 0.251 e. The summed E-state index contributed by atoms with van der Waals surface area (Å²) in [5, 5.41) is 6.78. The van der Waals surface area contributed by atoms with Crippen LogP contribution in [-0.2, 0) is 13.2 Å². The van der Waals surface area contributed by atoms with E-state index in [4.69, 9.17) is 14.0 Å². The number of aromatic amines is 1. The minimum absolute atomic E-state index is 0.205. The summed E-state index contributed by atoms with van der Waals surface area (Å²) in [5.41, 5.74) is 2.15. The Hall–Kier alpha value is -4.07. The molecule has 4 rings (SSSR count). The number of aromatic nitrogens is 3. The van der Waals surface area contributed by atoms with E-state index in [1.807, 2.05) is 24.3 Å². The summed E-state index contributed by atoms with van der Waals surface area (Å²) in [7, 11) is 1.58. The van der Waals surface area contributed by atoms with E-state index in [0.29, 0.717) is 28.5 Å². The van der Waals surface area contributed by atoms with Gasteiger partial charge in [-0.1, -0.05) is 5.16 Å². The number of ether oxygens (including phenoxy) is 2. The maximum absolute atomic E-state index is 12.2. The van der Waals surface area contributed by atoms with E-state index in [0.717, 1.165) is 11.4 Å². The number of carbonyl (C=O) groups excluding carboxylic acids is 1. The van der Waals surface area contributed by atoms with Gasteiger partial charge >= 0.3 is 0 Å². The van der Waals surface area contributed by atoms with E-state index < -0.39 is 0 Å². The van der Waals surface area contributed by atoms with Crippen LogP contribution in [0.1, 0.15) is 21.8 Å². The van der Waals surface area contributed by atoms with Gasteiger partial charge in [-0.25, -0.2) is 4.98 Å². The Bertz CT molecular complexity index is 1090. The summed E-state index contributed by atoms with van der Waals surface area (Å²) < 4.78 is 16.1. The molecule has 152 valence electrons. The van der Waals surface area contributed by atoms with Crippen LogP contribution >= 0.6 is 0 Å². The molecule has 0 aliphatic heterocycles. The zero-order valence-corrected chi connectivity index (χ0v) is 16.3. The van der Waals surface area contributed by atoms with Gasteiger partial charge in [-0.05, 0) is 48.5 Å². The molecule has 2 N–H and O–H groups in total. The molecule has 1 amide bonds. The van der Waals surface area contributed by atoms with Crippen molar-refractivity contribution in [2.75, 3.05) is 7.11 Å². The molecule has 8 heteroatoms. The molecule has 0 bridgehead atoms. The molecule has 0 fully saturated rings. The Morgan fingerprint density at radius 3 is 2.57 bits per heavy atom. The molecule has 2 heterocycles. The lowest BCUT2D eigenvalue weighted by Crippen LogP contribution is -2.22. The Labute approximate surface area is 172 Å². The molecule has 0 saturated heterocycles. The highest BCUT2D eigenvalue weighted by Crippen LogP contribution is 2.20. The number of nitrogens with one attached hydrogen (secondary N) is 2. The van der Waals surface area contributed by atoms with Gasteiger partial charge in [0.2, 0.25) is 0 Å².